The molecule has 0 aromatic carbocycles. The van der Waals surface area contributed by atoms with E-state index in [0.717, 1.165) is 25.8 Å². The third kappa shape index (κ3) is 1.78. The molecular weight excluding hydrogens is 176 g/mol. The molecule has 14 heavy (non-hydrogen) atoms. The van der Waals surface area contributed by atoms with Gasteiger partial charge in [0.25, 0.3) is 0 Å². The van der Waals surface area contributed by atoms with Gasteiger partial charge in [0.1, 0.15) is 0 Å². The minimum atomic E-state index is 0.220. The molecule has 1 heterocycles. The molecule has 2 N–H and O–H groups in total. The van der Waals surface area contributed by atoms with Crippen molar-refractivity contribution in [3.05, 3.63) is 0 Å². The number of carbonyl (C=O) groups is 1. The molecular formula is C11H20N2O. The number of rotatable bonds is 1. The van der Waals surface area contributed by atoms with E-state index in [4.69, 9.17) is 5.73 Å². The van der Waals surface area contributed by atoms with E-state index in [2.05, 4.69) is 6.92 Å². The summed E-state index contributed by atoms with van der Waals surface area (Å²) in [7, 11) is 0. The van der Waals surface area contributed by atoms with Crippen LogP contribution in [0.5, 0.6) is 0 Å². The highest BCUT2D eigenvalue weighted by molar-refractivity contribution is 5.79. The quantitative estimate of drug-likeness (QED) is 0.683. The maximum Gasteiger partial charge on any atom is 0.223 e. The summed E-state index contributed by atoms with van der Waals surface area (Å²) in [6.07, 6.45) is 5.39. The number of nitrogens with zero attached hydrogens (tertiary/aromatic N) is 1. The number of hydrogen-bond acceptors (Lipinski definition) is 2. The second kappa shape index (κ2) is 3.89. The van der Waals surface area contributed by atoms with Gasteiger partial charge in [0.15, 0.2) is 0 Å². The molecule has 3 heteroatoms. The first kappa shape index (κ1) is 9.97. The zero-order valence-electron chi connectivity index (χ0n) is 8.91. The smallest absolute Gasteiger partial charge is 0.223 e. The Kier molecular flexibility index (Phi) is 2.77. The van der Waals surface area contributed by atoms with E-state index in [9.17, 15) is 4.79 Å². The molecule has 0 aromatic rings. The standard InChI is InChI=1S/C11H20N2O/c1-8-6-11(14)13(7-8)10-5-3-2-4-9(10)12/h8-10H,2-7,12H2,1H3. The summed E-state index contributed by atoms with van der Waals surface area (Å²) < 4.78 is 0. The van der Waals surface area contributed by atoms with E-state index in [1.54, 1.807) is 0 Å². The Morgan fingerprint density at radius 1 is 1.36 bits per heavy atom. The summed E-state index contributed by atoms with van der Waals surface area (Å²) in [5, 5.41) is 0. The molecule has 0 spiro atoms. The molecule has 1 aliphatic carbocycles. The van der Waals surface area contributed by atoms with Crippen LogP contribution in [0.2, 0.25) is 0 Å². The first-order valence-corrected chi connectivity index (χ1v) is 5.73. The van der Waals surface area contributed by atoms with Crippen LogP contribution >= 0.6 is 0 Å². The molecule has 80 valence electrons. The van der Waals surface area contributed by atoms with Gasteiger partial charge in [0.2, 0.25) is 5.91 Å². The second-order valence-corrected chi connectivity index (χ2v) is 4.87. The fraction of sp³-hybridized carbons (Fsp3) is 0.909. The molecule has 0 bridgehead atoms. The Morgan fingerprint density at radius 2 is 2.07 bits per heavy atom. The molecule has 1 saturated carbocycles. The van der Waals surface area contributed by atoms with Gasteiger partial charge in [0.05, 0.1) is 0 Å². The predicted molar refractivity (Wildman–Crippen MR) is 55.7 cm³/mol. The van der Waals surface area contributed by atoms with Crippen molar-refractivity contribution >= 4 is 5.91 Å². The first-order valence-electron chi connectivity index (χ1n) is 5.73. The van der Waals surface area contributed by atoms with Gasteiger partial charge in [-0.1, -0.05) is 19.8 Å². The monoisotopic (exact) mass is 196 g/mol. The maximum absolute atomic E-state index is 11.7. The van der Waals surface area contributed by atoms with Gasteiger partial charge in [-0.15, -0.1) is 0 Å². The summed E-state index contributed by atoms with van der Waals surface area (Å²) in [5.74, 6) is 0.844. The fourth-order valence-corrected chi connectivity index (χ4v) is 2.76. The first-order chi connectivity index (χ1) is 6.68. The lowest BCUT2D eigenvalue weighted by Gasteiger charge is -2.36. The Morgan fingerprint density at radius 3 is 2.64 bits per heavy atom. The molecule has 2 fully saturated rings. The summed E-state index contributed by atoms with van der Waals surface area (Å²) in [6.45, 7) is 3.07. The van der Waals surface area contributed by atoms with Crippen molar-refractivity contribution in [1.82, 2.24) is 4.90 Å². The molecule has 3 unspecified atom stereocenters. The SMILES string of the molecule is CC1CC(=O)N(C2CCCCC2N)C1. The average Bonchev–Trinajstić information content (AvgIpc) is 2.46. The number of amides is 1. The van der Waals surface area contributed by atoms with Crippen molar-refractivity contribution in [3.8, 4) is 0 Å². The van der Waals surface area contributed by atoms with Crippen molar-refractivity contribution < 1.29 is 4.79 Å². The van der Waals surface area contributed by atoms with Crippen molar-refractivity contribution in [2.45, 2.75) is 51.1 Å². The third-order valence-corrected chi connectivity index (χ3v) is 3.53. The lowest BCUT2D eigenvalue weighted by Crippen LogP contribution is -2.50. The third-order valence-electron chi connectivity index (χ3n) is 3.53. The molecule has 3 nitrogen and oxygen atoms in total. The van der Waals surface area contributed by atoms with Crippen LogP contribution in [0.15, 0.2) is 0 Å². The van der Waals surface area contributed by atoms with Gasteiger partial charge in [-0.2, -0.15) is 0 Å². The van der Waals surface area contributed by atoms with Crippen LogP contribution in [0.3, 0.4) is 0 Å². The lowest BCUT2D eigenvalue weighted by molar-refractivity contribution is -0.130. The largest absolute Gasteiger partial charge is 0.338 e. The van der Waals surface area contributed by atoms with Crippen LogP contribution < -0.4 is 5.73 Å². The van der Waals surface area contributed by atoms with Gasteiger partial charge in [-0.3, -0.25) is 4.79 Å². The minimum Gasteiger partial charge on any atom is -0.338 e. The van der Waals surface area contributed by atoms with Crippen molar-refractivity contribution in [2.24, 2.45) is 11.7 Å². The van der Waals surface area contributed by atoms with E-state index in [0.29, 0.717) is 17.9 Å². The highest BCUT2D eigenvalue weighted by Crippen LogP contribution is 2.27. The van der Waals surface area contributed by atoms with E-state index in [1.165, 1.54) is 12.8 Å². The number of hydrogen-bond donors (Lipinski definition) is 1. The van der Waals surface area contributed by atoms with Gasteiger partial charge >= 0.3 is 0 Å². The summed E-state index contributed by atoms with van der Waals surface area (Å²) in [4.78, 5) is 13.7. The molecule has 1 saturated heterocycles. The second-order valence-electron chi connectivity index (χ2n) is 4.87. The Labute approximate surface area is 85.6 Å². The van der Waals surface area contributed by atoms with Crippen LogP contribution in [-0.4, -0.2) is 29.4 Å². The van der Waals surface area contributed by atoms with E-state index in [-0.39, 0.29) is 6.04 Å². The molecule has 1 aliphatic heterocycles. The highest BCUT2D eigenvalue weighted by atomic mass is 16.2. The van der Waals surface area contributed by atoms with Crippen LogP contribution in [0.1, 0.15) is 39.0 Å². The maximum atomic E-state index is 11.7. The summed E-state index contributed by atoms with van der Waals surface area (Å²) in [5.41, 5.74) is 6.07. The molecule has 2 aliphatic rings. The lowest BCUT2D eigenvalue weighted by atomic mass is 9.90. The van der Waals surface area contributed by atoms with Gasteiger partial charge in [-0.25, -0.2) is 0 Å². The van der Waals surface area contributed by atoms with Crippen molar-refractivity contribution in [2.75, 3.05) is 6.54 Å². The van der Waals surface area contributed by atoms with E-state index in [1.807, 2.05) is 4.90 Å². The van der Waals surface area contributed by atoms with Gasteiger partial charge in [0, 0.05) is 25.0 Å². The van der Waals surface area contributed by atoms with Crippen LogP contribution in [0.4, 0.5) is 0 Å². The topological polar surface area (TPSA) is 46.3 Å². The van der Waals surface area contributed by atoms with Crippen molar-refractivity contribution in [3.63, 3.8) is 0 Å². The zero-order chi connectivity index (χ0) is 10.1. The van der Waals surface area contributed by atoms with Gasteiger partial charge < -0.3 is 10.6 Å². The van der Waals surface area contributed by atoms with E-state index >= 15 is 0 Å². The molecule has 0 aromatic heterocycles. The van der Waals surface area contributed by atoms with Crippen LogP contribution in [-0.2, 0) is 4.79 Å². The van der Waals surface area contributed by atoms with Crippen LogP contribution in [0, 0.1) is 5.92 Å². The minimum absolute atomic E-state index is 0.220. The zero-order valence-corrected chi connectivity index (χ0v) is 8.91. The highest BCUT2D eigenvalue weighted by Gasteiger charge is 2.35. The van der Waals surface area contributed by atoms with Crippen LogP contribution in [0.25, 0.3) is 0 Å². The Balaban J connectivity index is 2.02. The fourth-order valence-electron chi connectivity index (χ4n) is 2.76. The molecule has 3 atom stereocenters. The average molecular weight is 196 g/mol. The number of nitrogens with two attached hydrogens (primary N) is 1. The van der Waals surface area contributed by atoms with E-state index < -0.39 is 0 Å². The van der Waals surface area contributed by atoms with Crippen molar-refractivity contribution in [1.29, 1.82) is 0 Å². The summed E-state index contributed by atoms with van der Waals surface area (Å²) >= 11 is 0. The Bertz CT molecular complexity index is 229. The van der Waals surface area contributed by atoms with Gasteiger partial charge in [-0.05, 0) is 18.8 Å². The predicted octanol–water partition coefficient (Wildman–Crippen LogP) is 1.12. The number of likely N-dealkylation sites (tertiary alicyclic amines) is 1. The molecule has 0 radical (unpaired) electrons. The molecule has 2 rings (SSSR count). The Hall–Kier alpha value is -0.570. The number of carbonyl (C=O) groups excluding carboxylic acids is 1. The normalized spacial score (nSPS) is 39.1. The molecule has 1 amide bonds. The summed E-state index contributed by atoms with van der Waals surface area (Å²) in [6, 6.07) is 0.555.